The molecule has 0 unspecified atom stereocenters. The molecule has 1 aromatic heterocycles. The van der Waals surface area contributed by atoms with E-state index in [4.69, 9.17) is 14.8 Å². The minimum atomic E-state index is -1.17. The van der Waals surface area contributed by atoms with Crippen LogP contribution in [0.1, 0.15) is 66.1 Å². The van der Waals surface area contributed by atoms with Crippen LogP contribution in [0.5, 0.6) is 11.5 Å². The fraction of sp³-hybridized carbons (Fsp3) is 0.455. The minimum absolute atomic E-state index is 0.0901. The van der Waals surface area contributed by atoms with Crippen molar-refractivity contribution < 1.29 is 24.1 Å². The fourth-order valence-electron chi connectivity index (χ4n) is 3.97. The number of aromatic nitrogens is 1. The van der Waals surface area contributed by atoms with Crippen LogP contribution >= 0.6 is 15.9 Å². The molecule has 1 aromatic carbocycles. The molecule has 5 nitrogen and oxygen atoms in total. The van der Waals surface area contributed by atoms with E-state index in [0.717, 1.165) is 48.2 Å². The number of benzene rings is 1. The van der Waals surface area contributed by atoms with Gasteiger partial charge in [0, 0.05) is 18.0 Å². The van der Waals surface area contributed by atoms with E-state index in [0.29, 0.717) is 16.5 Å². The van der Waals surface area contributed by atoms with Gasteiger partial charge in [0.25, 0.3) is 0 Å². The van der Waals surface area contributed by atoms with Gasteiger partial charge in [0.15, 0.2) is 18.2 Å². The summed E-state index contributed by atoms with van der Waals surface area (Å²) in [6.07, 6.45) is 5.97. The highest BCUT2D eigenvalue weighted by molar-refractivity contribution is 9.10. The van der Waals surface area contributed by atoms with Gasteiger partial charge in [-0.15, -0.1) is 0 Å². The first-order chi connectivity index (χ1) is 13.8. The van der Waals surface area contributed by atoms with Crippen LogP contribution in [0.4, 0.5) is 4.39 Å². The maximum absolute atomic E-state index is 14.9. The molecular formula is C22H25BrFNO4. The normalized spacial score (nSPS) is 14.8. The first kappa shape index (κ1) is 21.6. The summed E-state index contributed by atoms with van der Waals surface area (Å²) in [6.45, 7) is 2.88. The highest BCUT2D eigenvalue weighted by Crippen LogP contribution is 2.39. The molecule has 29 heavy (non-hydrogen) atoms. The van der Waals surface area contributed by atoms with Crippen LogP contribution in [-0.4, -0.2) is 27.8 Å². The number of carboxylic acids is 1. The Bertz CT molecular complexity index is 897. The number of nitrogens with zero attached hydrogens (tertiary/aromatic N) is 1. The lowest BCUT2D eigenvalue weighted by Gasteiger charge is -2.22. The molecular weight excluding hydrogens is 441 g/mol. The van der Waals surface area contributed by atoms with Crippen molar-refractivity contribution in [1.29, 1.82) is 0 Å². The van der Waals surface area contributed by atoms with Gasteiger partial charge in [-0.2, -0.15) is 0 Å². The number of rotatable bonds is 6. The zero-order chi connectivity index (χ0) is 21.1. The van der Waals surface area contributed by atoms with Gasteiger partial charge in [0.1, 0.15) is 5.75 Å². The van der Waals surface area contributed by atoms with Gasteiger partial charge in [0.2, 0.25) is 0 Å². The Morgan fingerprint density at radius 1 is 1.24 bits per heavy atom. The first-order valence-corrected chi connectivity index (χ1v) is 10.6. The van der Waals surface area contributed by atoms with Crippen LogP contribution in [0.3, 0.4) is 0 Å². The molecule has 0 atom stereocenters. The standard InChI is InChI=1S/C22H25BrFNO4/c1-12-16(13(2)20(24)22(19(12)23)29-11-18(27)28)10-15-8-9-17(26)21(25-15)14-6-4-3-5-7-14/h8-9,14,26H,3-7,10-11H2,1-2H3,(H,27,28). The second-order valence-electron chi connectivity index (χ2n) is 7.59. The third kappa shape index (κ3) is 4.71. The molecule has 0 bridgehead atoms. The monoisotopic (exact) mass is 465 g/mol. The topological polar surface area (TPSA) is 79.7 Å². The van der Waals surface area contributed by atoms with E-state index in [1.807, 2.05) is 6.92 Å². The lowest BCUT2D eigenvalue weighted by molar-refractivity contribution is -0.139. The van der Waals surface area contributed by atoms with Gasteiger partial charge in [-0.1, -0.05) is 19.3 Å². The van der Waals surface area contributed by atoms with Crippen molar-refractivity contribution in [1.82, 2.24) is 4.98 Å². The Morgan fingerprint density at radius 2 is 1.93 bits per heavy atom. The molecule has 1 saturated carbocycles. The molecule has 156 valence electrons. The predicted molar refractivity (Wildman–Crippen MR) is 111 cm³/mol. The number of carboxylic acid groups (broad SMARTS) is 1. The predicted octanol–water partition coefficient (Wildman–Crippen LogP) is 5.41. The molecule has 0 spiro atoms. The molecule has 0 saturated heterocycles. The average Bonchev–Trinajstić information content (AvgIpc) is 2.71. The van der Waals surface area contributed by atoms with E-state index in [2.05, 4.69) is 15.9 Å². The van der Waals surface area contributed by atoms with Crippen molar-refractivity contribution in [2.24, 2.45) is 0 Å². The zero-order valence-electron chi connectivity index (χ0n) is 16.6. The van der Waals surface area contributed by atoms with E-state index in [-0.39, 0.29) is 17.4 Å². The summed E-state index contributed by atoms with van der Waals surface area (Å²) in [7, 11) is 0. The summed E-state index contributed by atoms with van der Waals surface area (Å²) in [5, 5.41) is 19.1. The summed E-state index contributed by atoms with van der Waals surface area (Å²) < 4.78 is 20.4. The smallest absolute Gasteiger partial charge is 0.341 e. The third-order valence-electron chi connectivity index (χ3n) is 5.61. The van der Waals surface area contributed by atoms with Crippen molar-refractivity contribution >= 4 is 21.9 Å². The first-order valence-electron chi connectivity index (χ1n) is 9.80. The van der Waals surface area contributed by atoms with Gasteiger partial charge in [-0.25, -0.2) is 9.18 Å². The van der Waals surface area contributed by atoms with Crippen molar-refractivity contribution in [3.8, 4) is 11.5 Å². The van der Waals surface area contributed by atoms with E-state index in [1.54, 1.807) is 19.1 Å². The lowest BCUT2D eigenvalue weighted by Crippen LogP contribution is -2.13. The van der Waals surface area contributed by atoms with Crippen LogP contribution in [0.25, 0.3) is 0 Å². The molecule has 2 N–H and O–H groups in total. The van der Waals surface area contributed by atoms with Gasteiger partial charge < -0.3 is 14.9 Å². The number of hydrogen-bond donors (Lipinski definition) is 2. The number of aromatic hydroxyl groups is 1. The van der Waals surface area contributed by atoms with Gasteiger partial charge in [-0.3, -0.25) is 4.98 Å². The summed E-state index contributed by atoms with van der Waals surface area (Å²) in [4.78, 5) is 15.5. The van der Waals surface area contributed by atoms with Crippen LogP contribution in [0.2, 0.25) is 0 Å². The molecule has 0 radical (unpaired) electrons. The number of aliphatic carboxylic acids is 1. The van der Waals surface area contributed by atoms with Gasteiger partial charge in [0.05, 0.1) is 10.2 Å². The maximum atomic E-state index is 14.9. The number of hydrogen-bond acceptors (Lipinski definition) is 4. The molecule has 0 aliphatic heterocycles. The summed E-state index contributed by atoms with van der Waals surface area (Å²) in [5.74, 6) is -1.35. The SMILES string of the molecule is Cc1c(F)c(OCC(=O)O)c(Br)c(C)c1Cc1ccc(O)c(C2CCCCC2)n1. The fourth-order valence-corrected chi connectivity index (χ4v) is 4.50. The number of ether oxygens (including phenoxy) is 1. The summed E-state index contributed by atoms with van der Waals surface area (Å²) in [5.41, 5.74) is 3.45. The third-order valence-corrected chi connectivity index (χ3v) is 6.57. The molecule has 3 rings (SSSR count). The van der Waals surface area contributed by atoms with Gasteiger partial charge in [-0.05, 0) is 71.4 Å². The van der Waals surface area contributed by atoms with E-state index < -0.39 is 18.4 Å². The Balaban J connectivity index is 1.93. The second-order valence-corrected chi connectivity index (χ2v) is 8.38. The molecule has 1 aliphatic rings. The highest BCUT2D eigenvalue weighted by Gasteiger charge is 2.23. The number of carbonyl (C=O) groups is 1. The Hall–Kier alpha value is -2.15. The summed E-state index contributed by atoms with van der Waals surface area (Å²) in [6, 6.07) is 3.44. The zero-order valence-corrected chi connectivity index (χ0v) is 18.2. The quantitative estimate of drug-likeness (QED) is 0.596. The second kappa shape index (κ2) is 9.11. The van der Waals surface area contributed by atoms with Crippen molar-refractivity contribution in [2.45, 2.75) is 58.3 Å². The Morgan fingerprint density at radius 3 is 2.59 bits per heavy atom. The van der Waals surface area contributed by atoms with Crippen LogP contribution < -0.4 is 4.74 Å². The van der Waals surface area contributed by atoms with Gasteiger partial charge >= 0.3 is 5.97 Å². The molecule has 2 aromatic rings. The minimum Gasteiger partial charge on any atom is -0.506 e. The number of halogens is 2. The lowest BCUT2D eigenvalue weighted by atomic mass is 9.86. The Kier molecular flexibility index (Phi) is 6.77. The molecule has 7 heteroatoms. The van der Waals surface area contributed by atoms with Crippen molar-refractivity contribution in [3.05, 3.63) is 50.5 Å². The molecule has 1 fully saturated rings. The molecule has 0 amide bonds. The Labute approximate surface area is 178 Å². The average molecular weight is 466 g/mol. The van der Waals surface area contributed by atoms with Crippen LogP contribution in [0.15, 0.2) is 16.6 Å². The maximum Gasteiger partial charge on any atom is 0.341 e. The highest BCUT2D eigenvalue weighted by atomic mass is 79.9. The molecule has 1 aliphatic carbocycles. The van der Waals surface area contributed by atoms with Crippen molar-refractivity contribution in [3.63, 3.8) is 0 Å². The number of pyridine rings is 1. The summed E-state index contributed by atoms with van der Waals surface area (Å²) >= 11 is 3.35. The van der Waals surface area contributed by atoms with E-state index >= 15 is 0 Å². The molecule has 1 heterocycles. The van der Waals surface area contributed by atoms with Crippen LogP contribution in [-0.2, 0) is 11.2 Å². The van der Waals surface area contributed by atoms with Crippen LogP contribution in [0, 0.1) is 19.7 Å². The van der Waals surface area contributed by atoms with Crippen molar-refractivity contribution in [2.75, 3.05) is 6.61 Å². The van der Waals surface area contributed by atoms with E-state index in [1.165, 1.54) is 6.42 Å². The largest absolute Gasteiger partial charge is 0.506 e. The van der Waals surface area contributed by atoms with E-state index in [9.17, 15) is 14.3 Å².